The second-order valence-electron chi connectivity index (χ2n) is 3.71. The van der Waals surface area contributed by atoms with Crippen LogP contribution in [0.25, 0.3) is 0 Å². The van der Waals surface area contributed by atoms with Gasteiger partial charge in [-0.3, -0.25) is 4.98 Å². The number of aromatic nitrogens is 1. The molecule has 1 aliphatic rings. The minimum absolute atomic E-state index is 0.419. The van der Waals surface area contributed by atoms with Gasteiger partial charge in [-0.25, -0.2) is 0 Å². The van der Waals surface area contributed by atoms with Gasteiger partial charge in [0.1, 0.15) is 0 Å². The molecule has 0 spiro atoms. The minimum Gasteiger partial charge on any atom is -0.387 e. The molecule has 1 N–H and O–H groups in total. The van der Waals surface area contributed by atoms with Crippen LogP contribution in [0.2, 0.25) is 0 Å². The Morgan fingerprint density at radius 3 is 3.07 bits per heavy atom. The standard InChI is InChI=1S/C10H13BrN2O/c1-6-5-7(11)10-9(12-6)8(14)3-4-13(10)2/h5,8,14H,3-4H2,1-2H3. The zero-order chi connectivity index (χ0) is 10.3. The number of pyridine rings is 1. The monoisotopic (exact) mass is 256 g/mol. The Morgan fingerprint density at radius 2 is 2.36 bits per heavy atom. The maximum absolute atomic E-state index is 9.82. The largest absolute Gasteiger partial charge is 0.387 e. The average Bonchev–Trinajstić information content (AvgIpc) is 2.10. The lowest BCUT2D eigenvalue weighted by atomic mass is 10.0. The number of aliphatic hydroxyl groups is 1. The zero-order valence-electron chi connectivity index (χ0n) is 8.29. The van der Waals surface area contributed by atoms with Gasteiger partial charge in [-0.1, -0.05) is 0 Å². The molecule has 1 aliphatic heterocycles. The first-order valence-corrected chi connectivity index (χ1v) is 5.45. The minimum atomic E-state index is -0.419. The second-order valence-corrected chi connectivity index (χ2v) is 4.56. The molecule has 0 saturated carbocycles. The molecule has 0 aliphatic carbocycles. The molecule has 2 rings (SSSR count). The molecule has 1 atom stereocenters. The SMILES string of the molecule is Cc1cc(Br)c2c(n1)C(O)CCN2C. The lowest BCUT2D eigenvalue weighted by molar-refractivity contribution is 0.160. The molecule has 0 radical (unpaired) electrons. The Hall–Kier alpha value is -0.610. The van der Waals surface area contributed by atoms with Crippen LogP contribution in [-0.2, 0) is 0 Å². The fourth-order valence-electron chi connectivity index (χ4n) is 1.82. The topological polar surface area (TPSA) is 36.4 Å². The summed E-state index contributed by atoms with van der Waals surface area (Å²) >= 11 is 3.51. The number of anilines is 1. The summed E-state index contributed by atoms with van der Waals surface area (Å²) < 4.78 is 1.02. The zero-order valence-corrected chi connectivity index (χ0v) is 9.87. The number of aryl methyl sites for hydroxylation is 1. The van der Waals surface area contributed by atoms with E-state index >= 15 is 0 Å². The van der Waals surface area contributed by atoms with E-state index in [1.165, 1.54) is 0 Å². The van der Waals surface area contributed by atoms with Crippen LogP contribution in [-0.4, -0.2) is 23.7 Å². The lowest BCUT2D eigenvalue weighted by Crippen LogP contribution is -2.28. The van der Waals surface area contributed by atoms with E-state index in [4.69, 9.17) is 0 Å². The molecule has 0 aromatic carbocycles. The Morgan fingerprint density at radius 1 is 1.64 bits per heavy atom. The van der Waals surface area contributed by atoms with E-state index in [1.54, 1.807) is 0 Å². The average molecular weight is 257 g/mol. The van der Waals surface area contributed by atoms with Gasteiger partial charge in [0.15, 0.2) is 0 Å². The van der Waals surface area contributed by atoms with Crippen molar-refractivity contribution in [2.24, 2.45) is 0 Å². The highest BCUT2D eigenvalue weighted by Gasteiger charge is 2.25. The number of hydrogen-bond donors (Lipinski definition) is 1. The maximum atomic E-state index is 9.82. The fraction of sp³-hybridized carbons (Fsp3) is 0.500. The van der Waals surface area contributed by atoms with Crippen molar-refractivity contribution in [3.63, 3.8) is 0 Å². The van der Waals surface area contributed by atoms with Gasteiger partial charge in [0.2, 0.25) is 0 Å². The van der Waals surface area contributed by atoms with Crippen LogP contribution in [0.5, 0.6) is 0 Å². The van der Waals surface area contributed by atoms with Gasteiger partial charge in [0.05, 0.1) is 17.5 Å². The quantitative estimate of drug-likeness (QED) is 0.772. The van der Waals surface area contributed by atoms with Crippen molar-refractivity contribution in [1.82, 2.24) is 4.98 Å². The molecule has 1 unspecified atom stereocenters. The normalized spacial score (nSPS) is 20.9. The lowest BCUT2D eigenvalue weighted by Gasteiger charge is -2.30. The van der Waals surface area contributed by atoms with Crippen LogP contribution in [0.1, 0.15) is 23.9 Å². The summed E-state index contributed by atoms with van der Waals surface area (Å²) in [6.07, 6.45) is 0.337. The molecule has 0 bridgehead atoms. The summed E-state index contributed by atoms with van der Waals surface area (Å²) in [7, 11) is 2.02. The summed E-state index contributed by atoms with van der Waals surface area (Å²) in [4.78, 5) is 6.51. The van der Waals surface area contributed by atoms with Crippen molar-refractivity contribution in [3.05, 3.63) is 21.9 Å². The van der Waals surface area contributed by atoms with E-state index < -0.39 is 6.10 Å². The van der Waals surface area contributed by atoms with Gasteiger partial charge >= 0.3 is 0 Å². The number of halogens is 1. The van der Waals surface area contributed by atoms with Crippen molar-refractivity contribution in [2.75, 3.05) is 18.5 Å². The second kappa shape index (κ2) is 3.51. The Balaban J connectivity index is 2.60. The predicted octanol–water partition coefficient (Wildman–Crippen LogP) is 2.03. The summed E-state index contributed by atoms with van der Waals surface area (Å²) in [6.45, 7) is 2.81. The van der Waals surface area contributed by atoms with Crippen LogP contribution in [0, 0.1) is 6.92 Å². The molecule has 76 valence electrons. The Labute approximate surface area is 91.9 Å². The van der Waals surface area contributed by atoms with E-state index in [2.05, 4.69) is 25.8 Å². The molecule has 0 saturated heterocycles. The summed E-state index contributed by atoms with van der Waals surface area (Å²) in [5, 5.41) is 9.82. The van der Waals surface area contributed by atoms with E-state index in [1.807, 2.05) is 20.0 Å². The number of fused-ring (bicyclic) bond motifs is 1. The third-order valence-electron chi connectivity index (χ3n) is 2.54. The summed E-state index contributed by atoms with van der Waals surface area (Å²) in [5.74, 6) is 0. The van der Waals surface area contributed by atoms with Crippen LogP contribution in [0.15, 0.2) is 10.5 Å². The van der Waals surface area contributed by atoms with E-state index in [0.29, 0.717) is 0 Å². The smallest absolute Gasteiger partial charge is 0.0998 e. The molecular weight excluding hydrogens is 244 g/mol. The van der Waals surface area contributed by atoms with Gasteiger partial charge in [0, 0.05) is 23.8 Å². The van der Waals surface area contributed by atoms with Crippen LogP contribution in [0.4, 0.5) is 5.69 Å². The van der Waals surface area contributed by atoms with E-state index in [0.717, 1.165) is 34.5 Å². The van der Waals surface area contributed by atoms with Gasteiger partial charge in [0.25, 0.3) is 0 Å². The Bertz CT molecular complexity index is 367. The summed E-state index contributed by atoms with van der Waals surface area (Å²) in [5.41, 5.74) is 2.75. The van der Waals surface area contributed by atoms with Crippen LogP contribution in [0.3, 0.4) is 0 Å². The maximum Gasteiger partial charge on any atom is 0.0998 e. The number of hydrogen-bond acceptors (Lipinski definition) is 3. The van der Waals surface area contributed by atoms with Crippen molar-refractivity contribution >= 4 is 21.6 Å². The molecule has 1 aromatic heterocycles. The fourth-order valence-corrected chi connectivity index (χ4v) is 2.66. The van der Waals surface area contributed by atoms with Gasteiger partial charge < -0.3 is 10.0 Å². The molecule has 0 fully saturated rings. The molecule has 14 heavy (non-hydrogen) atoms. The van der Waals surface area contributed by atoms with Crippen LogP contribution >= 0.6 is 15.9 Å². The predicted molar refractivity (Wildman–Crippen MR) is 59.5 cm³/mol. The molecule has 2 heterocycles. The van der Waals surface area contributed by atoms with E-state index in [9.17, 15) is 5.11 Å². The van der Waals surface area contributed by atoms with Crippen molar-refractivity contribution in [3.8, 4) is 0 Å². The van der Waals surface area contributed by atoms with Crippen molar-refractivity contribution < 1.29 is 5.11 Å². The highest BCUT2D eigenvalue weighted by molar-refractivity contribution is 9.10. The first-order chi connectivity index (χ1) is 6.59. The molecule has 4 heteroatoms. The van der Waals surface area contributed by atoms with Crippen molar-refractivity contribution in [2.45, 2.75) is 19.4 Å². The van der Waals surface area contributed by atoms with E-state index in [-0.39, 0.29) is 0 Å². The molecule has 0 amide bonds. The Kier molecular flexibility index (Phi) is 2.49. The number of aliphatic hydroxyl groups excluding tert-OH is 1. The molecule has 1 aromatic rings. The summed E-state index contributed by atoms with van der Waals surface area (Å²) in [6, 6.07) is 1.98. The number of rotatable bonds is 0. The molecule has 3 nitrogen and oxygen atoms in total. The third-order valence-corrected chi connectivity index (χ3v) is 3.14. The van der Waals surface area contributed by atoms with Gasteiger partial charge in [-0.2, -0.15) is 0 Å². The first-order valence-electron chi connectivity index (χ1n) is 4.66. The highest BCUT2D eigenvalue weighted by atomic mass is 79.9. The third kappa shape index (κ3) is 1.53. The first kappa shape index (κ1) is 9.93. The molecular formula is C10H13BrN2O. The van der Waals surface area contributed by atoms with Gasteiger partial charge in [-0.05, 0) is 35.3 Å². The number of nitrogens with zero attached hydrogens (tertiary/aromatic N) is 2. The van der Waals surface area contributed by atoms with Gasteiger partial charge in [-0.15, -0.1) is 0 Å². The van der Waals surface area contributed by atoms with Crippen molar-refractivity contribution in [1.29, 1.82) is 0 Å². The highest BCUT2D eigenvalue weighted by Crippen LogP contribution is 2.37. The van der Waals surface area contributed by atoms with Crippen LogP contribution < -0.4 is 4.90 Å².